The van der Waals surface area contributed by atoms with Crippen LogP contribution in [0.4, 0.5) is 0 Å². The van der Waals surface area contributed by atoms with Gasteiger partial charge in [-0.25, -0.2) is 4.79 Å². The number of esters is 1. The molecule has 7 unspecified atom stereocenters. The van der Waals surface area contributed by atoms with Crippen LogP contribution in [0.2, 0.25) is 0 Å². The van der Waals surface area contributed by atoms with Crippen LogP contribution in [0, 0.1) is 29.1 Å². The largest absolute Gasteiger partial charge is 0.455 e. The van der Waals surface area contributed by atoms with Gasteiger partial charge >= 0.3 is 5.97 Å². The van der Waals surface area contributed by atoms with Crippen molar-refractivity contribution < 1.29 is 14.3 Å². The summed E-state index contributed by atoms with van der Waals surface area (Å²) in [7, 11) is 0. The molecule has 0 bridgehead atoms. The Bertz CT molecular complexity index is 860. The summed E-state index contributed by atoms with van der Waals surface area (Å²) in [5.74, 6) is 2.14. The van der Waals surface area contributed by atoms with Crippen LogP contribution < -0.4 is 0 Å². The van der Waals surface area contributed by atoms with Gasteiger partial charge in [-0.1, -0.05) is 58.0 Å². The van der Waals surface area contributed by atoms with Crippen LogP contribution in [0.5, 0.6) is 0 Å². The van der Waals surface area contributed by atoms with Crippen LogP contribution >= 0.6 is 0 Å². The van der Waals surface area contributed by atoms with E-state index in [4.69, 9.17) is 9.47 Å². The van der Waals surface area contributed by atoms with Crippen molar-refractivity contribution in [3.63, 3.8) is 0 Å². The molecule has 3 aliphatic carbocycles. The second kappa shape index (κ2) is 6.69. The monoisotopic (exact) mass is 408 g/mol. The second-order valence-electron chi connectivity index (χ2n) is 11.1. The molecule has 3 saturated carbocycles. The lowest BCUT2D eigenvalue weighted by molar-refractivity contribution is -0.0512. The normalized spacial score (nSPS) is 44.6. The lowest BCUT2D eigenvalue weighted by Crippen LogP contribution is -2.51. The summed E-state index contributed by atoms with van der Waals surface area (Å²) in [6, 6.07) is 9.38. The predicted molar refractivity (Wildman–Crippen MR) is 118 cm³/mol. The number of fused-ring (bicyclic) bond motifs is 1. The zero-order valence-corrected chi connectivity index (χ0v) is 18.9. The highest BCUT2D eigenvalue weighted by atomic mass is 16.7. The maximum absolute atomic E-state index is 13.1. The van der Waals surface area contributed by atoms with Crippen LogP contribution in [0.3, 0.4) is 0 Å². The summed E-state index contributed by atoms with van der Waals surface area (Å²) < 4.78 is 13.1. The molecule has 7 atom stereocenters. The molecule has 4 aliphatic rings. The average Bonchev–Trinajstić information content (AvgIpc) is 3.23. The van der Waals surface area contributed by atoms with Gasteiger partial charge in [0.1, 0.15) is 17.3 Å². The fraction of sp³-hybridized carbons (Fsp3) is 0.667. The maximum atomic E-state index is 13.1. The van der Waals surface area contributed by atoms with Crippen molar-refractivity contribution in [2.45, 2.75) is 83.5 Å². The van der Waals surface area contributed by atoms with Gasteiger partial charge in [0.25, 0.3) is 0 Å². The van der Waals surface area contributed by atoms with E-state index in [0.29, 0.717) is 23.3 Å². The molecule has 30 heavy (non-hydrogen) atoms. The summed E-state index contributed by atoms with van der Waals surface area (Å²) in [5, 5.41) is 0. The van der Waals surface area contributed by atoms with Crippen molar-refractivity contribution in [3.05, 3.63) is 48.0 Å². The van der Waals surface area contributed by atoms with Gasteiger partial charge in [0.15, 0.2) is 0 Å². The van der Waals surface area contributed by atoms with E-state index in [9.17, 15) is 4.79 Å². The number of ether oxygens (including phenoxy) is 2. The Balaban J connectivity index is 1.55. The first-order chi connectivity index (χ1) is 14.2. The number of hydrogen-bond donors (Lipinski definition) is 0. The van der Waals surface area contributed by atoms with Crippen molar-refractivity contribution in [2.75, 3.05) is 0 Å². The fourth-order valence-electron chi connectivity index (χ4n) is 7.66. The maximum Gasteiger partial charge on any atom is 0.338 e. The second-order valence-corrected chi connectivity index (χ2v) is 11.1. The fourth-order valence-corrected chi connectivity index (χ4v) is 7.66. The molecular weight excluding hydrogens is 372 g/mol. The molecule has 1 saturated heterocycles. The zero-order chi connectivity index (χ0) is 21.3. The molecule has 1 spiro atoms. The Morgan fingerprint density at radius 1 is 1.20 bits per heavy atom. The summed E-state index contributed by atoms with van der Waals surface area (Å²) in [4.78, 5) is 13.1. The third kappa shape index (κ3) is 2.57. The van der Waals surface area contributed by atoms with E-state index in [1.54, 1.807) is 0 Å². The van der Waals surface area contributed by atoms with Gasteiger partial charge in [-0.05, 0) is 67.9 Å². The van der Waals surface area contributed by atoms with Crippen LogP contribution in [-0.4, -0.2) is 23.3 Å². The number of epoxide rings is 1. The Hall–Kier alpha value is -1.61. The van der Waals surface area contributed by atoms with E-state index in [2.05, 4.69) is 34.3 Å². The smallest absolute Gasteiger partial charge is 0.338 e. The third-order valence-corrected chi connectivity index (χ3v) is 9.36. The lowest BCUT2D eigenvalue weighted by atomic mass is 9.61. The highest BCUT2D eigenvalue weighted by Gasteiger charge is 2.85. The highest BCUT2D eigenvalue weighted by Crippen LogP contribution is 2.76. The molecule has 0 aromatic heterocycles. The van der Waals surface area contributed by atoms with Gasteiger partial charge in [0.05, 0.1) is 5.56 Å². The Morgan fingerprint density at radius 3 is 2.60 bits per heavy atom. The number of benzene rings is 1. The van der Waals surface area contributed by atoms with Crippen LogP contribution in [-0.2, 0) is 9.47 Å². The predicted octanol–water partition coefficient (Wildman–Crippen LogP) is 6.19. The average molecular weight is 409 g/mol. The van der Waals surface area contributed by atoms with Crippen LogP contribution in [0.25, 0.3) is 0 Å². The third-order valence-electron chi connectivity index (χ3n) is 9.36. The molecular formula is C27H36O3. The SMILES string of the molecule is C=C1CC(OC(=O)c2ccccc2)C23OC2(C(C)C)CCC3(C)CC2C(C)CCC12. The van der Waals surface area contributed by atoms with Gasteiger partial charge in [-0.3, -0.25) is 0 Å². The molecule has 1 aliphatic heterocycles. The number of rotatable bonds is 3. The summed E-state index contributed by atoms with van der Waals surface area (Å²) in [6.45, 7) is 13.9. The van der Waals surface area contributed by atoms with E-state index < -0.39 is 0 Å². The van der Waals surface area contributed by atoms with E-state index in [-0.39, 0.29) is 28.7 Å². The minimum atomic E-state index is -0.380. The van der Waals surface area contributed by atoms with Crippen molar-refractivity contribution in [3.8, 4) is 0 Å². The molecule has 3 heteroatoms. The molecule has 162 valence electrons. The van der Waals surface area contributed by atoms with Gasteiger partial charge in [-0.15, -0.1) is 0 Å². The van der Waals surface area contributed by atoms with Crippen LogP contribution in [0.15, 0.2) is 42.5 Å². The van der Waals surface area contributed by atoms with Crippen molar-refractivity contribution in [1.29, 1.82) is 0 Å². The van der Waals surface area contributed by atoms with Crippen molar-refractivity contribution in [2.24, 2.45) is 29.1 Å². The standard InChI is InChI=1S/C27H36O3/c1-17(2)26-14-13-25(5)16-22-18(3)11-12-21(22)19(4)15-23(27(25,26)30-26)29-24(28)20-9-7-6-8-10-20/h6-10,17-18,21-23H,4,11-16H2,1-3,5H3. The Labute approximate surface area is 181 Å². The number of hydrogen-bond acceptors (Lipinski definition) is 3. The quantitative estimate of drug-likeness (QED) is 0.340. The molecule has 1 aromatic rings. The summed E-state index contributed by atoms with van der Waals surface area (Å²) in [6.07, 6.45) is 6.36. The molecule has 0 amide bonds. The van der Waals surface area contributed by atoms with Gasteiger partial charge < -0.3 is 9.47 Å². The minimum Gasteiger partial charge on any atom is -0.455 e. The minimum absolute atomic E-state index is 0.0428. The summed E-state index contributed by atoms with van der Waals surface area (Å²) >= 11 is 0. The van der Waals surface area contributed by atoms with E-state index in [1.165, 1.54) is 18.4 Å². The number of carbonyl (C=O) groups is 1. The van der Waals surface area contributed by atoms with Gasteiger partial charge in [-0.2, -0.15) is 0 Å². The van der Waals surface area contributed by atoms with Crippen molar-refractivity contribution in [1.82, 2.24) is 0 Å². The van der Waals surface area contributed by atoms with Crippen LogP contribution in [0.1, 0.15) is 76.6 Å². The van der Waals surface area contributed by atoms with E-state index >= 15 is 0 Å². The molecule has 0 radical (unpaired) electrons. The van der Waals surface area contributed by atoms with E-state index in [0.717, 1.165) is 31.6 Å². The summed E-state index contributed by atoms with van der Waals surface area (Å²) in [5.41, 5.74) is 1.38. The van der Waals surface area contributed by atoms with Gasteiger partial charge in [0.2, 0.25) is 0 Å². The van der Waals surface area contributed by atoms with E-state index in [1.807, 2.05) is 30.3 Å². The molecule has 5 rings (SSSR count). The molecule has 1 heterocycles. The lowest BCUT2D eigenvalue weighted by Gasteiger charge is -2.44. The topological polar surface area (TPSA) is 38.8 Å². The molecule has 0 N–H and O–H groups in total. The zero-order valence-electron chi connectivity index (χ0n) is 18.9. The Morgan fingerprint density at radius 2 is 1.93 bits per heavy atom. The highest BCUT2D eigenvalue weighted by molar-refractivity contribution is 5.89. The van der Waals surface area contributed by atoms with Gasteiger partial charge in [0, 0.05) is 11.8 Å². The number of carbonyl (C=O) groups excluding carboxylic acids is 1. The first-order valence-corrected chi connectivity index (χ1v) is 11.9. The first-order valence-electron chi connectivity index (χ1n) is 11.9. The van der Waals surface area contributed by atoms with Crippen molar-refractivity contribution >= 4 is 5.97 Å². The Kier molecular flexibility index (Phi) is 4.53. The molecule has 4 fully saturated rings. The molecule has 1 aromatic carbocycles. The molecule has 3 nitrogen and oxygen atoms in total. The first kappa shape index (κ1) is 20.3.